The average molecular weight is 315 g/mol. The van der Waals surface area contributed by atoms with Crippen molar-refractivity contribution < 1.29 is 4.39 Å². The molecule has 1 aromatic carbocycles. The topological polar surface area (TPSA) is 29.3 Å². The van der Waals surface area contributed by atoms with Gasteiger partial charge in [0.15, 0.2) is 0 Å². The summed E-state index contributed by atoms with van der Waals surface area (Å²) >= 11 is 3.39. The highest BCUT2D eigenvalue weighted by atomic mass is 79.9. The summed E-state index contributed by atoms with van der Waals surface area (Å²) in [6.07, 6.45) is 4.50. The van der Waals surface area contributed by atoms with Crippen molar-refractivity contribution in [2.24, 2.45) is 11.7 Å². The second-order valence-electron chi connectivity index (χ2n) is 5.26. The van der Waals surface area contributed by atoms with Crippen LogP contribution in [0.15, 0.2) is 22.7 Å². The van der Waals surface area contributed by atoms with Crippen molar-refractivity contribution in [2.45, 2.75) is 31.7 Å². The molecule has 0 spiro atoms. The van der Waals surface area contributed by atoms with Crippen LogP contribution in [-0.2, 0) is 0 Å². The molecule has 100 valence electrons. The fourth-order valence-electron chi connectivity index (χ4n) is 2.63. The standard InChI is InChI=1S/C14H20BrFN2/c1-18(9-10-2-5-12(17)6-3-10)14-8-11(15)4-7-13(14)16/h4,7-8,10,12H,2-3,5-6,9,17H2,1H3. The number of benzene rings is 1. The first kappa shape index (κ1) is 13.8. The van der Waals surface area contributed by atoms with Crippen molar-refractivity contribution >= 4 is 21.6 Å². The smallest absolute Gasteiger partial charge is 0.146 e. The number of nitrogens with zero attached hydrogens (tertiary/aromatic N) is 1. The average Bonchev–Trinajstić information content (AvgIpc) is 2.35. The molecule has 1 aromatic rings. The molecule has 1 fully saturated rings. The Morgan fingerprint density at radius 1 is 1.33 bits per heavy atom. The van der Waals surface area contributed by atoms with E-state index in [1.54, 1.807) is 6.07 Å². The zero-order valence-electron chi connectivity index (χ0n) is 10.7. The Kier molecular flexibility index (Phi) is 4.62. The van der Waals surface area contributed by atoms with Gasteiger partial charge in [-0.15, -0.1) is 0 Å². The molecule has 2 nitrogen and oxygen atoms in total. The minimum absolute atomic E-state index is 0.159. The predicted octanol–water partition coefficient (Wildman–Crippen LogP) is 3.54. The van der Waals surface area contributed by atoms with E-state index in [2.05, 4.69) is 15.9 Å². The summed E-state index contributed by atoms with van der Waals surface area (Å²) in [7, 11) is 1.96. The largest absolute Gasteiger partial charge is 0.372 e. The third-order valence-corrected chi connectivity index (χ3v) is 4.24. The quantitative estimate of drug-likeness (QED) is 0.924. The highest BCUT2D eigenvalue weighted by Gasteiger charge is 2.20. The summed E-state index contributed by atoms with van der Waals surface area (Å²) in [4.78, 5) is 2.02. The van der Waals surface area contributed by atoms with E-state index in [-0.39, 0.29) is 5.82 Å². The van der Waals surface area contributed by atoms with Crippen LogP contribution in [0, 0.1) is 11.7 Å². The Bertz CT molecular complexity index is 403. The van der Waals surface area contributed by atoms with Crippen molar-refractivity contribution in [1.82, 2.24) is 0 Å². The van der Waals surface area contributed by atoms with E-state index in [1.165, 1.54) is 6.07 Å². The van der Waals surface area contributed by atoms with Crippen LogP contribution in [0.4, 0.5) is 10.1 Å². The van der Waals surface area contributed by atoms with E-state index in [1.807, 2.05) is 18.0 Å². The molecule has 18 heavy (non-hydrogen) atoms. The van der Waals surface area contributed by atoms with Gasteiger partial charge in [0.05, 0.1) is 5.69 Å². The number of halogens is 2. The predicted molar refractivity (Wildman–Crippen MR) is 77.3 cm³/mol. The summed E-state index contributed by atoms with van der Waals surface area (Å²) in [5.41, 5.74) is 6.57. The molecule has 0 unspecified atom stereocenters. The Morgan fingerprint density at radius 3 is 2.67 bits per heavy atom. The SMILES string of the molecule is CN(CC1CCC(N)CC1)c1cc(Br)ccc1F. The lowest BCUT2D eigenvalue weighted by Gasteiger charge is -2.30. The van der Waals surface area contributed by atoms with Gasteiger partial charge in [-0.05, 0) is 49.8 Å². The lowest BCUT2D eigenvalue weighted by atomic mass is 9.86. The number of hydrogen-bond donors (Lipinski definition) is 1. The Labute approximate surface area is 116 Å². The maximum atomic E-state index is 13.8. The third kappa shape index (κ3) is 3.45. The molecular weight excluding hydrogens is 295 g/mol. The number of nitrogens with two attached hydrogens (primary N) is 1. The third-order valence-electron chi connectivity index (χ3n) is 3.74. The molecule has 0 atom stereocenters. The molecular formula is C14H20BrFN2. The molecule has 0 radical (unpaired) electrons. The molecule has 2 rings (SSSR count). The van der Waals surface area contributed by atoms with Crippen molar-refractivity contribution in [1.29, 1.82) is 0 Å². The van der Waals surface area contributed by atoms with Crippen LogP contribution in [0.2, 0.25) is 0 Å². The van der Waals surface area contributed by atoms with Gasteiger partial charge in [-0.3, -0.25) is 0 Å². The van der Waals surface area contributed by atoms with E-state index in [0.717, 1.165) is 36.7 Å². The summed E-state index contributed by atoms with van der Waals surface area (Å²) in [5, 5.41) is 0. The minimum atomic E-state index is -0.159. The van der Waals surface area contributed by atoms with E-state index >= 15 is 0 Å². The van der Waals surface area contributed by atoms with Crippen LogP contribution in [0.3, 0.4) is 0 Å². The zero-order chi connectivity index (χ0) is 13.1. The monoisotopic (exact) mass is 314 g/mol. The van der Waals surface area contributed by atoms with Crippen LogP contribution in [0.1, 0.15) is 25.7 Å². The van der Waals surface area contributed by atoms with Crippen LogP contribution >= 0.6 is 15.9 Å². The Morgan fingerprint density at radius 2 is 2.00 bits per heavy atom. The van der Waals surface area contributed by atoms with Gasteiger partial charge >= 0.3 is 0 Å². The second kappa shape index (κ2) is 6.02. The fourth-order valence-corrected chi connectivity index (χ4v) is 2.98. The van der Waals surface area contributed by atoms with Crippen LogP contribution in [0.25, 0.3) is 0 Å². The van der Waals surface area contributed by atoms with Crippen LogP contribution < -0.4 is 10.6 Å². The molecule has 0 saturated heterocycles. The summed E-state index contributed by atoms with van der Waals surface area (Å²) < 4.78 is 14.7. The van der Waals surface area contributed by atoms with Gasteiger partial charge in [0.2, 0.25) is 0 Å². The van der Waals surface area contributed by atoms with Crippen molar-refractivity contribution in [2.75, 3.05) is 18.5 Å². The molecule has 1 aliphatic carbocycles. The molecule has 2 N–H and O–H groups in total. The molecule has 4 heteroatoms. The van der Waals surface area contributed by atoms with Crippen molar-refractivity contribution in [3.05, 3.63) is 28.5 Å². The molecule has 0 amide bonds. The highest BCUT2D eigenvalue weighted by Crippen LogP contribution is 2.28. The first-order chi connectivity index (χ1) is 8.56. The molecule has 0 aromatic heterocycles. The van der Waals surface area contributed by atoms with Gasteiger partial charge < -0.3 is 10.6 Å². The van der Waals surface area contributed by atoms with E-state index in [4.69, 9.17) is 5.73 Å². The number of anilines is 1. The second-order valence-corrected chi connectivity index (χ2v) is 6.17. The Balaban J connectivity index is 1.98. The molecule has 1 saturated carbocycles. The van der Waals surface area contributed by atoms with Gasteiger partial charge in [-0.1, -0.05) is 15.9 Å². The molecule has 0 heterocycles. The van der Waals surface area contributed by atoms with Gasteiger partial charge in [0.25, 0.3) is 0 Å². The van der Waals surface area contributed by atoms with Gasteiger partial charge in [0.1, 0.15) is 5.82 Å². The first-order valence-corrected chi connectivity index (χ1v) is 7.27. The number of hydrogen-bond acceptors (Lipinski definition) is 2. The van der Waals surface area contributed by atoms with E-state index in [0.29, 0.717) is 17.6 Å². The normalized spacial score (nSPS) is 24.0. The summed E-state index contributed by atoms with van der Waals surface area (Å²) in [5.74, 6) is 0.474. The summed E-state index contributed by atoms with van der Waals surface area (Å²) in [6, 6.07) is 5.44. The first-order valence-electron chi connectivity index (χ1n) is 6.48. The van der Waals surface area contributed by atoms with Crippen LogP contribution in [-0.4, -0.2) is 19.6 Å². The van der Waals surface area contributed by atoms with Crippen molar-refractivity contribution in [3.8, 4) is 0 Å². The maximum Gasteiger partial charge on any atom is 0.146 e. The van der Waals surface area contributed by atoms with Crippen LogP contribution in [0.5, 0.6) is 0 Å². The van der Waals surface area contributed by atoms with Gasteiger partial charge in [-0.25, -0.2) is 4.39 Å². The molecule has 0 aliphatic heterocycles. The van der Waals surface area contributed by atoms with E-state index < -0.39 is 0 Å². The number of rotatable bonds is 3. The lowest BCUT2D eigenvalue weighted by Crippen LogP contribution is -2.33. The maximum absolute atomic E-state index is 13.8. The summed E-state index contributed by atoms with van der Waals surface area (Å²) in [6.45, 7) is 0.903. The van der Waals surface area contributed by atoms with Gasteiger partial charge in [0, 0.05) is 24.1 Å². The Hall–Kier alpha value is -0.610. The lowest BCUT2D eigenvalue weighted by molar-refractivity contribution is 0.329. The van der Waals surface area contributed by atoms with Crippen molar-refractivity contribution in [3.63, 3.8) is 0 Å². The highest BCUT2D eigenvalue weighted by molar-refractivity contribution is 9.10. The molecule has 1 aliphatic rings. The fraction of sp³-hybridized carbons (Fsp3) is 0.571. The zero-order valence-corrected chi connectivity index (χ0v) is 12.3. The van der Waals surface area contributed by atoms with E-state index in [9.17, 15) is 4.39 Å². The minimum Gasteiger partial charge on any atom is -0.372 e. The van der Waals surface area contributed by atoms with Gasteiger partial charge in [-0.2, -0.15) is 0 Å². The molecule has 0 bridgehead atoms.